The lowest BCUT2D eigenvalue weighted by molar-refractivity contribution is 0.135. The minimum absolute atomic E-state index is 0.103. The van der Waals surface area contributed by atoms with E-state index < -0.39 is 7.75 Å². The normalized spacial score (nSPS) is 16.3. The minimum atomic E-state index is -3.11. The molecule has 15 heavy (non-hydrogen) atoms. The molecule has 0 aliphatic rings. The Kier molecular flexibility index (Phi) is 6.69. The van der Waals surface area contributed by atoms with Crippen molar-refractivity contribution in [2.45, 2.75) is 53.2 Å². The van der Waals surface area contributed by atoms with Crippen molar-refractivity contribution < 1.29 is 13.6 Å². The van der Waals surface area contributed by atoms with Crippen molar-refractivity contribution in [2.75, 3.05) is 13.7 Å². The molecule has 0 fully saturated rings. The lowest BCUT2D eigenvalue weighted by Crippen LogP contribution is -2.31. The molecule has 92 valence electrons. The molecule has 0 aromatic rings. The standard InChI is InChI=1S/C10H24NO3P/c1-7-8-11(9(2)3)15(12,13-6)14-10(4)5/h9-10H,7-8H2,1-6H3. The largest absolute Gasteiger partial charge is 0.408 e. The summed E-state index contributed by atoms with van der Waals surface area (Å²) >= 11 is 0. The molecular formula is C10H24NO3P. The van der Waals surface area contributed by atoms with Gasteiger partial charge in [0.15, 0.2) is 0 Å². The number of hydrogen-bond donors (Lipinski definition) is 0. The molecule has 0 amide bonds. The lowest BCUT2D eigenvalue weighted by atomic mass is 10.4. The Hall–Kier alpha value is 0.110. The minimum Gasteiger partial charge on any atom is -0.300 e. The van der Waals surface area contributed by atoms with Gasteiger partial charge < -0.3 is 0 Å². The van der Waals surface area contributed by atoms with Crippen LogP contribution < -0.4 is 0 Å². The topological polar surface area (TPSA) is 38.8 Å². The highest BCUT2D eigenvalue weighted by atomic mass is 31.2. The molecule has 5 heteroatoms. The van der Waals surface area contributed by atoms with Gasteiger partial charge in [0.2, 0.25) is 0 Å². The highest BCUT2D eigenvalue weighted by Crippen LogP contribution is 2.53. The quantitative estimate of drug-likeness (QED) is 0.637. The van der Waals surface area contributed by atoms with Gasteiger partial charge in [-0.25, -0.2) is 9.24 Å². The molecule has 0 radical (unpaired) electrons. The van der Waals surface area contributed by atoms with E-state index >= 15 is 0 Å². The van der Waals surface area contributed by atoms with Crippen molar-refractivity contribution in [3.8, 4) is 0 Å². The predicted molar refractivity (Wildman–Crippen MR) is 63.0 cm³/mol. The number of hydrogen-bond acceptors (Lipinski definition) is 3. The van der Waals surface area contributed by atoms with Crippen molar-refractivity contribution in [1.29, 1.82) is 0 Å². The summed E-state index contributed by atoms with van der Waals surface area (Å²) in [7, 11) is -1.67. The van der Waals surface area contributed by atoms with E-state index in [-0.39, 0.29) is 12.1 Å². The van der Waals surface area contributed by atoms with E-state index in [1.165, 1.54) is 7.11 Å². The van der Waals surface area contributed by atoms with Gasteiger partial charge in [-0.15, -0.1) is 0 Å². The third-order valence-electron chi connectivity index (χ3n) is 1.94. The van der Waals surface area contributed by atoms with Crippen LogP contribution in [0.25, 0.3) is 0 Å². The average Bonchev–Trinajstić information content (AvgIpc) is 2.12. The molecule has 0 spiro atoms. The zero-order valence-corrected chi connectivity index (χ0v) is 11.6. The van der Waals surface area contributed by atoms with Gasteiger partial charge in [0, 0.05) is 19.7 Å². The van der Waals surface area contributed by atoms with Crippen molar-refractivity contribution in [1.82, 2.24) is 4.67 Å². The second-order valence-corrected chi connectivity index (χ2v) is 6.09. The molecule has 0 aromatic carbocycles. The molecule has 0 saturated heterocycles. The Balaban J connectivity index is 4.77. The fourth-order valence-electron chi connectivity index (χ4n) is 1.37. The molecule has 0 aliphatic carbocycles. The maximum absolute atomic E-state index is 12.4. The summed E-state index contributed by atoms with van der Waals surface area (Å²) in [4.78, 5) is 0. The summed E-state index contributed by atoms with van der Waals surface area (Å²) in [5.74, 6) is 0. The summed E-state index contributed by atoms with van der Waals surface area (Å²) in [6, 6.07) is 0.148. The monoisotopic (exact) mass is 237 g/mol. The molecule has 0 N–H and O–H groups in total. The summed E-state index contributed by atoms with van der Waals surface area (Å²) in [6.45, 7) is 10.5. The summed E-state index contributed by atoms with van der Waals surface area (Å²) < 4.78 is 24.7. The molecule has 0 aliphatic heterocycles. The van der Waals surface area contributed by atoms with E-state index in [4.69, 9.17) is 9.05 Å². The average molecular weight is 237 g/mol. The Morgan fingerprint density at radius 3 is 2.07 bits per heavy atom. The SMILES string of the molecule is CCCN(C(C)C)P(=O)(OC)OC(C)C. The van der Waals surface area contributed by atoms with Crippen molar-refractivity contribution in [2.24, 2.45) is 0 Å². The molecule has 0 heterocycles. The molecule has 0 rings (SSSR count). The van der Waals surface area contributed by atoms with Crippen LogP contribution in [0.1, 0.15) is 41.0 Å². The van der Waals surface area contributed by atoms with Gasteiger partial charge in [0.05, 0.1) is 6.10 Å². The fourth-order valence-corrected chi connectivity index (χ4v) is 3.33. The van der Waals surface area contributed by atoms with Crippen LogP contribution in [0.4, 0.5) is 0 Å². The van der Waals surface area contributed by atoms with Gasteiger partial charge in [0.25, 0.3) is 0 Å². The molecule has 0 bridgehead atoms. The molecule has 0 aromatic heterocycles. The van der Waals surface area contributed by atoms with Gasteiger partial charge >= 0.3 is 7.75 Å². The highest BCUT2D eigenvalue weighted by molar-refractivity contribution is 7.51. The van der Waals surface area contributed by atoms with Crippen LogP contribution in [-0.2, 0) is 13.6 Å². The second kappa shape index (κ2) is 6.64. The zero-order chi connectivity index (χ0) is 12.1. The van der Waals surface area contributed by atoms with Crippen LogP contribution in [0.5, 0.6) is 0 Å². The third kappa shape index (κ3) is 4.64. The smallest absolute Gasteiger partial charge is 0.300 e. The van der Waals surface area contributed by atoms with E-state index in [0.717, 1.165) is 13.0 Å². The van der Waals surface area contributed by atoms with Gasteiger partial charge in [-0.1, -0.05) is 6.92 Å². The van der Waals surface area contributed by atoms with E-state index in [2.05, 4.69) is 0 Å². The highest BCUT2D eigenvalue weighted by Gasteiger charge is 2.34. The Bertz CT molecular complexity index is 219. The second-order valence-electron chi connectivity index (χ2n) is 4.06. The number of nitrogens with zero attached hydrogens (tertiary/aromatic N) is 1. The lowest BCUT2D eigenvalue weighted by Gasteiger charge is -2.32. The first kappa shape index (κ1) is 15.1. The predicted octanol–water partition coefficient (Wildman–Crippen LogP) is 3.29. The van der Waals surface area contributed by atoms with E-state index in [9.17, 15) is 4.57 Å². The van der Waals surface area contributed by atoms with Gasteiger partial charge in [-0.05, 0) is 34.1 Å². The summed E-state index contributed by atoms with van der Waals surface area (Å²) in [6.07, 6.45) is 0.821. The third-order valence-corrected chi connectivity index (χ3v) is 4.38. The van der Waals surface area contributed by atoms with Crippen LogP contribution in [0.15, 0.2) is 0 Å². The van der Waals surface area contributed by atoms with Crippen LogP contribution in [0.2, 0.25) is 0 Å². The maximum Gasteiger partial charge on any atom is 0.408 e. The van der Waals surface area contributed by atoms with Crippen molar-refractivity contribution in [3.63, 3.8) is 0 Å². The van der Waals surface area contributed by atoms with Crippen molar-refractivity contribution in [3.05, 3.63) is 0 Å². The maximum atomic E-state index is 12.4. The van der Waals surface area contributed by atoms with Crippen LogP contribution in [0, 0.1) is 0 Å². The first-order chi connectivity index (χ1) is 6.87. The van der Waals surface area contributed by atoms with E-state index in [1.54, 1.807) is 4.67 Å². The molecule has 1 unspecified atom stereocenters. The van der Waals surface area contributed by atoms with Crippen LogP contribution in [0.3, 0.4) is 0 Å². The molecule has 0 saturated carbocycles. The Morgan fingerprint density at radius 1 is 1.27 bits per heavy atom. The first-order valence-electron chi connectivity index (χ1n) is 5.48. The fraction of sp³-hybridized carbons (Fsp3) is 1.00. The molecule has 4 nitrogen and oxygen atoms in total. The van der Waals surface area contributed by atoms with E-state index in [1.807, 2.05) is 34.6 Å². The molecule has 1 atom stereocenters. The van der Waals surface area contributed by atoms with Crippen LogP contribution in [-0.4, -0.2) is 30.5 Å². The van der Waals surface area contributed by atoms with Gasteiger partial charge in [-0.2, -0.15) is 0 Å². The van der Waals surface area contributed by atoms with E-state index in [0.29, 0.717) is 0 Å². The van der Waals surface area contributed by atoms with Crippen LogP contribution >= 0.6 is 7.75 Å². The first-order valence-corrected chi connectivity index (χ1v) is 6.98. The van der Waals surface area contributed by atoms with Gasteiger partial charge in [0.1, 0.15) is 0 Å². The Morgan fingerprint density at radius 2 is 1.80 bits per heavy atom. The van der Waals surface area contributed by atoms with Crippen molar-refractivity contribution >= 4 is 7.75 Å². The summed E-state index contributed by atoms with van der Waals surface area (Å²) in [5.41, 5.74) is 0. The zero-order valence-electron chi connectivity index (χ0n) is 10.7. The Labute approximate surface area is 93.5 Å². The molecular weight excluding hydrogens is 213 g/mol. The number of rotatable bonds is 7. The van der Waals surface area contributed by atoms with Gasteiger partial charge in [-0.3, -0.25) is 9.05 Å². The summed E-state index contributed by atoms with van der Waals surface area (Å²) in [5, 5.41) is 0.